The second kappa shape index (κ2) is 7.01. The molecule has 1 aliphatic heterocycles. The van der Waals surface area contributed by atoms with Crippen molar-refractivity contribution in [2.45, 2.75) is 12.5 Å². The van der Waals surface area contributed by atoms with Gasteiger partial charge in [0.2, 0.25) is 0 Å². The number of para-hydroxylation sites is 1. The molecule has 0 saturated heterocycles. The number of carbonyl (C=O) groups is 1. The maximum Gasteiger partial charge on any atom is 0.273 e. The standard InChI is InChI=1S/C23H17ClFN3O/c24-16-7-5-8-17(25)20(16)22-21-15(14-6-1-2-9-18(14)27-21)11-13-28(22)23(29)19-10-3-4-12-26-19/h1-10,12,22,27H,11,13H2/t22-/m0/s1. The average Bonchev–Trinajstić information content (AvgIpc) is 3.13. The Bertz CT molecular complexity index is 1200. The summed E-state index contributed by atoms with van der Waals surface area (Å²) in [5, 5.41) is 1.38. The van der Waals surface area contributed by atoms with Crippen LogP contribution in [0.5, 0.6) is 0 Å². The Hall–Kier alpha value is -3.18. The van der Waals surface area contributed by atoms with E-state index in [4.69, 9.17) is 11.6 Å². The molecule has 0 aliphatic carbocycles. The van der Waals surface area contributed by atoms with E-state index < -0.39 is 11.9 Å². The molecule has 1 N–H and O–H groups in total. The van der Waals surface area contributed by atoms with Gasteiger partial charge in [-0.05, 0) is 42.3 Å². The van der Waals surface area contributed by atoms with E-state index in [2.05, 4.69) is 9.97 Å². The number of nitrogens with one attached hydrogen (secondary N) is 1. The monoisotopic (exact) mass is 405 g/mol. The van der Waals surface area contributed by atoms with E-state index in [1.165, 1.54) is 6.07 Å². The Morgan fingerprint density at radius 1 is 1.10 bits per heavy atom. The Kier molecular flexibility index (Phi) is 4.32. The molecule has 0 spiro atoms. The minimum Gasteiger partial charge on any atom is -0.356 e. The first-order chi connectivity index (χ1) is 14.1. The Morgan fingerprint density at radius 2 is 1.93 bits per heavy atom. The third-order valence-corrected chi connectivity index (χ3v) is 5.78. The molecule has 0 bridgehead atoms. The fraction of sp³-hybridized carbons (Fsp3) is 0.130. The first kappa shape index (κ1) is 17.9. The van der Waals surface area contributed by atoms with Crippen LogP contribution in [0, 0.1) is 5.82 Å². The molecule has 1 amide bonds. The van der Waals surface area contributed by atoms with Crippen molar-refractivity contribution in [3.63, 3.8) is 0 Å². The molecule has 0 fully saturated rings. The van der Waals surface area contributed by atoms with E-state index in [9.17, 15) is 9.18 Å². The van der Waals surface area contributed by atoms with Crippen LogP contribution in [-0.4, -0.2) is 27.3 Å². The molecule has 2 aromatic carbocycles. The number of hydrogen-bond donors (Lipinski definition) is 1. The molecule has 1 aliphatic rings. The van der Waals surface area contributed by atoms with Crippen LogP contribution >= 0.6 is 11.6 Å². The summed E-state index contributed by atoms with van der Waals surface area (Å²) in [5.41, 5.74) is 3.47. The highest BCUT2D eigenvalue weighted by Gasteiger charge is 2.37. The van der Waals surface area contributed by atoms with Crippen molar-refractivity contribution >= 4 is 28.4 Å². The molecule has 0 unspecified atom stereocenters. The third-order valence-electron chi connectivity index (χ3n) is 5.45. The number of hydrogen-bond acceptors (Lipinski definition) is 2. The van der Waals surface area contributed by atoms with Gasteiger partial charge in [0.15, 0.2) is 0 Å². The molecule has 29 heavy (non-hydrogen) atoms. The number of rotatable bonds is 2. The smallest absolute Gasteiger partial charge is 0.273 e. The second-order valence-electron chi connectivity index (χ2n) is 7.06. The van der Waals surface area contributed by atoms with Gasteiger partial charge < -0.3 is 9.88 Å². The molecule has 3 heterocycles. The van der Waals surface area contributed by atoms with Gasteiger partial charge in [0.1, 0.15) is 17.6 Å². The molecule has 5 rings (SSSR count). The van der Waals surface area contributed by atoms with Crippen molar-refractivity contribution in [1.82, 2.24) is 14.9 Å². The summed E-state index contributed by atoms with van der Waals surface area (Å²) in [5.74, 6) is -0.688. The van der Waals surface area contributed by atoms with Gasteiger partial charge >= 0.3 is 0 Å². The van der Waals surface area contributed by atoms with Crippen LogP contribution in [0.4, 0.5) is 4.39 Å². The van der Waals surface area contributed by atoms with Crippen LogP contribution in [0.25, 0.3) is 10.9 Å². The summed E-state index contributed by atoms with van der Waals surface area (Å²) in [6.07, 6.45) is 2.25. The fourth-order valence-electron chi connectivity index (χ4n) is 4.17. The summed E-state index contributed by atoms with van der Waals surface area (Å²) in [7, 11) is 0. The number of amides is 1. The van der Waals surface area contributed by atoms with E-state index in [-0.39, 0.29) is 5.91 Å². The summed E-state index contributed by atoms with van der Waals surface area (Å²) in [6, 6.07) is 17.1. The number of aromatic nitrogens is 2. The molecule has 4 aromatic rings. The van der Waals surface area contributed by atoms with Gasteiger partial charge in [-0.15, -0.1) is 0 Å². The molecule has 144 valence electrons. The van der Waals surface area contributed by atoms with E-state index in [1.54, 1.807) is 41.4 Å². The number of aromatic amines is 1. The lowest BCUT2D eigenvalue weighted by Crippen LogP contribution is -2.41. The first-order valence-electron chi connectivity index (χ1n) is 9.40. The molecular weight excluding hydrogens is 389 g/mol. The SMILES string of the molecule is O=C(c1ccccn1)N1CCc2c([nH]c3ccccc23)[C@@H]1c1c(F)cccc1Cl. The molecular formula is C23H17ClFN3O. The van der Waals surface area contributed by atoms with Crippen molar-refractivity contribution in [2.75, 3.05) is 6.54 Å². The number of halogens is 2. The highest BCUT2D eigenvalue weighted by atomic mass is 35.5. The zero-order chi connectivity index (χ0) is 20.0. The van der Waals surface area contributed by atoms with Crippen LogP contribution in [0.2, 0.25) is 5.02 Å². The zero-order valence-corrected chi connectivity index (χ0v) is 16.2. The van der Waals surface area contributed by atoms with Gasteiger partial charge in [-0.25, -0.2) is 4.39 Å². The Balaban J connectivity index is 1.73. The van der Waals surface area contributed by atoms with Crippen molar-refractivity contribution in [3.05, 3.63) is 100 Å². The topological polar surface area (TPSA) is 49.0 Å². The van der Waals surface area contributed by atoms with E-state index in [1.807, 2.05) is 24.3 Å². The van der Waals surface area contributed by atoms with Crippen LogP contribution in [0.1, 0.15) is 33.4 Å². The summed E-state index contributed by atoms with van der Waals surface area (Å²) < 4.78 is 15.0. The van der Waals surface area contributed by atoms with E-state index in [0.717, 1.165) is 22.2 Å². The Labute approximate surface area is 172 Å². The van der Waals surface area contributed by atoms with Crippen LogP contribution in [0.3, 0.4) is 0 Å². The van der Waals surface area contributed by atoms with Crippen molar-refractivity contribution in [1.29, 1.82) is 0 Å². The predicted octanol–water partition coefficient (Wildman–Crippen LogP) is 5.14. The van der Waals surface area contributed by atoms with Crippen molar-refractivity contribution < 1.29 is 9.18 Å². The molecule has 1 atom stereocenters. The summed E-state index contributed by atoms with van der Waals surface area (Å²) in [4.78, 5) is 22.6. The fourth-order valence-corrected chi connectivity index (χ4v) is 4.43. The van der Waals surface area contributed by atoms with E-state index in [0.29, 0.717) is 29.2 Å². The van der Waals surface area contributed by atoms with Gasteiger partial charge in [-0.2, -0.15) is 0 Å². The van der Waals surface area contributed by atoms with Gasteiger partial charge in [-0.1, -0.05) is 41.9 Å². The quantitative estimate of drug-likeness (QED) is 0.501. The van der Waals surface area contributed by atoms with E-state index >= 15 is 0 Å². The molecule has 0 radical (unpaired) electrons. The lowest BCUT2D eigenvalue weighted by atomic mass is 9.91. The molecule has 6 heteroatoms. The van der Waals surface area contributed by atoms with Crippen molar-refractivity contribution in [2.24, 2.45) is 0 Å². The lowest BCUT2D eigenvalue weighted by molar-refractivity contribution is 0.0683. The summed E-state index contributed by atoms with van der Waals surface area (Å²) >= 11 is 6.44. The normalized spacial score (nSPS) is 16.1. The molecule has 2 aromatic heterocycles. The predicted molar refractivity (Wildman–Crippen MR) is 111 cm³/mol. The number of fused-ring (bicyclic) bond motifs is 3. The largest absolute Gasteiger partial charge is 0.356 e. The zero-order valence-electron chi connectivity index (χ0n) is 15.4. The number of pyridine rings is 1. The third kappa shape index (κ3) is 2.89. The highest BCUT2D eigenvalue weighted by Crippen LogP contribution is 2.42. The van der Waals surface area contributed by atoms with Crippen LogP contribution in [0.15, 0.2) is 66.9 Å². The number of benzene rings is 2. The maximum absolute atomic E-state index is 15.0. The number of nitrogens with zero attached hydrogens (tertiary/aromatic N) is 2. The van der Waals surface area contributed by atoms with Gasteiger partial charge in [0.05, 0.1) is 0 Å². The minimum absolute atomic E-state index is 0.251. The summed E-state index contributed by atoms with van der Waals surface area (Å²) in [6.45, 7) is 0.444. The average molecular weight is 406 g/mol. The van der Waals surface area contributed by atoms with Crippen LogP contribution in [-0.2, 0) is 6.42 Å². The second-order valence-corrected chi connectivity index (χ2v) is 7.47. The highest BCUT2D eigenvalue weighted by molar-refractivity contribution is 6.31. The van der Waals surface area contributed by atoms with Crippen LogP contribution < -0.4 is 0 Å². The van der Waals surface area contributed by atoms with Crippen molar-refractivity contribution in [3.8, 4) is 0 Å². The first-order valence-corrected chi connectivity index (χ1v) is 9.78. The minimum atomic E-state index is -0.658. The number of carbonyl (C=O) groups excluding carboxylic acids is 1. The Morgan fingerprint density at radius 3 is 2.72 bits per heavy atom. The maximum atomic E-state index is 15.0. The van der Waals surface area contributed by atoms with Gasteiger partial charge in [-0.3, -0.25) is 9.78 Å². The molecule has 0 saturated carbocycles. The van der Waals surface area contributed by atoms with Gasteiger partial charge in [0.25, 0.3) is 5.91 Å². The lowest BCUT2D eigenvalue weighted by Gasteiger charge is -2.36. The van der Waals surface area contributed by atoms with Gasteiger partial charge in [0, 0.05) is 39.9 Å². The number of H-pyrrole nitrogens is 1. The molecule has 4 nitrogen and oxygen atoms in total.